The lowest BCUT2D eigenvalue weighted by Crippen LogP contribution is -2.09. The second-order valence-corrected chi connectivity index (χ2v) is 6.03. The van der Waals surface area contributed by atoms with Crippen LogP contribution in [0.5, 0.6) is 0 Å². The number of nitrogens with one attached hydrogen (secondary N) is 1. The highest BCUT2D eigenvalue weighted by molar-refractivity contribution is 6.33. The molecule has 0 spiro atoms. The van der Waals surface area contributed by atoms with Crippen LogP contribution in [0.3, 0.4) is 0 Å². The van der Waals surface area contributed by atoms with E-state index in [1.165, 1.54) is 24.4 Å². The van der Waals surface area contributed by atoms with Crippen molar-refractivity contribution in [2.45, 2.75) is 6.92 Å². The maximum absolute atomic E-state index is 12.4. The Bertz CT molecular complexity index is 1140. The van der Waals surface area contributed by atoms with Gasteiger partial charge in [0.05, 0.1) is 39.0 Å². The quantitative estimate of drug-likeness (QED) is 0.380. The van der Waals surface area contributed by atoms with Crippen LogP contribution in [0, 0.1) is 21.4 Å². The highest BCUT2D eigenvalue weighted by Gasteiger charge is 2.19. The standard InChI is InChI=1S/C19H13ClN4O4/c1-2-28-19(25)14-10-22-17-11(9-21)4-3-5-13(17)18(14)23-16-7-6-12(24(26)27)8-15(16)20/h3-8,10H,2H2,1H3,(H,22,23). The number of ether oxygens (including phenoxy) is 1. The van der Waals surface area contributed by atoms with Crippen molar-refractivity contribution in [3.05, 3.63) is 68.9 Å². The summed E-state index contributed by atoms with van der Waals surface area (Å²) in [4.78, 5) is 27.0. The maximum Gasteiger partial charge on any atom is 0.341 e. The van der Waals surface area contributed by atoms with Gasteiger partial charge < -0.3 is 10.1 Å². The Morgan fingerprint density at radius 2 is 2.18 bits per heavy atom. The molecule has 1 N–H and O–H groups in total. The summed E-state index contributed by atoms with van der Waals surface area (Å²) < 4.78 is 5.09. The summed E-state index contributed by atoms with van der Waals surface area (Å²) in [6.07, 6.45) is 1.32. The molecule has 0 aliphatic heterocycles. The van der Waals surface area contributed by atoms with Gasteiger partial charge in [0.2, 0.25) is 0 Å². The largest absolute Gasteiger partial charge is 0.462 e. The number of esters is 1. The lowest BCUT2D eigenvalue weighted by molar-refractivity contribution is -0.384. The van der Waals surface area contributed by atoms with Gasteiger partial charge in [0.15, 0.2) is 0 Å². The van der Waals surface area contributed by atoms with E-state index < -0.39 is 10.9 Å². The van der Waals surface area contributed by atoms with Gasteiger partial charge in [0.1, 0.15) is 11.6 Å². The summed E-state index contributed by atoms with van der Waals surface area (Å²) in [7, 11) is 0. The molecule has 3 aromatic rings. The summed E-state index contributed by atoms with van der Waals surface area (Å²) in [5.74, 6) is -0.597. The van der Waals surface area contributed by atoms with E-state index in [0.29, 0.717) is 27.8 Å². The number of benzene rings is 2. The average Bonchev–Trinajstić information content (AvgIpc) is 2.69. The van der Waals surface area contributed by atoms with E-state index in [2.05, 4.69) is 16.4 Å². The van der Waals surface area contributed by atoms with Crippen LogP contribution in [-0.2, 0) is 4.74 Å². The van der Waals surface area contributed by atoms with Crippen LogP contribution < -0.4 is 5.32 Å². The Morgan fingerprint density at radius 3 is 2.82 bits per heavy atom. The molecule has 0 aliphatic carbocycles. The average molecular weight is 397 g/mol. The molecule has 1 heterocycles. The summed E-state index contributed by atoms with van der Waals surface area (Å²) in [6, 6.07) is 11.0. The van der Waals surface area contributed by atoms with Crippen LogP contribution in [0.4, 0.5) is 17.1 Å². The highest BCUT2D eigenvalue weighted by atomic mass is 35.5. The first kappa shape index (κ1) is 19.1. The number of halogens is 1. The number of pyridine rings is 1. The number of carbonyl (C=O) groups excluding carboxylic acids is 1. The van der Waals surface area contributed by atoms with Crippen LogP contribution in [0.25, 0.3) is 10.9 Å². The smallest absolute Gasteiger partial charge is 0.341 e. The van der Waals surface area contributed by atoms with Crippen molar-refractivity contribution < 1.29 is 14.5 Å². The fourth-order valence-corrected chi connectivity index (χ4v) is 2.89. The van der Waals surface area contributed by atoms with Crippen molar-refractivity contribution in [3.8, 4) is 6.07 Å². The predicted molar refractivity (Wildman–Crippen MR) is 104 cm³/mol. The molecule has 3 rings (SSSR count). The second-order valence-electron chi connectivity index (χ2n) is 5.63. The third-order valence-electron chi connectivity index (χ3n) is 3.94. The normalized spacial score (nSPS) is 10.3. The lowest BCUT2D eigenvalue weighted by atomic mass is 10.1. The number of nitrogens with zero attached hydrogens (tertiary/aromatic N) is 3. The number of non-ortho nitro benzene ring substituents is 1. The van der Waals surface area contributed by atoms with Gasteiger partial charge in [0.25, 0.3) is 5.69 Å². The summed E-state index contributed by atoms with van der Waals surface area (Å²) in [6.45, 7) is 1.85. The molecule has 9 heteroatoms. The molecular weight excluding hydrogens is 384 g/mol. The van der Waals surface area contributed by atoms with Gasteiger partial charge in [-0.2, -0.15) is 5.26 Å². The molecule has 0 unspecified atom stereocenters. The number of rotatable bonds is 5. The number of nitro groups is 1. The van der Waals surface area contributed by atoms with Gasteiger partial charge in [-0.3, -0.25) is 15.1 Å². The molecule has 0 bridgehead atoms. The number of anilines is 2. The van der Waals surface area contributed by atoms with Crippen LogP contribution in [-0.4, -0.2) is 22.5 Å². The van der Waals surface area contributed by atoms with Crippen molar-refractivity contribution in [1.29, 1.82) is 5.26 Å². The minimum atomic E-state index is -0.597. The molecule has 0 saturated carbocycles. The molecule has 0 amide bonds. The molecular formula is C19H13ClN4O4. The molecule has 0 aliphatic rings. The lowest BCUT2D eigenvalue weighted by Gasteiger charge is -2.15. The molecule has 0 radical (unpaired) electrons. The minimum absolute atomic E-state index is 0.102. The molecule has 140 valence electrons. The fourth-order valence-electron chi connectivity index (χ4n) is 2.67. The predicted octanol–water partition coefficient (Wildman–Crippen LogP) is 4.59. The first-order valence-electron chi connectivity index (χ1n) is 8.16. The fraction of sp³-hybridized carbons (Fsp3) is 0.105. The van der Waals surface area contributed by atoms with E-state index in [1.54, 1.807) is 25.1 Å². The minimum Gasteiger partial charge on any atom is -0.462 e. The zero-order valence-corrected chi connectivity index (χ0v) is 15.4. The van der Waals surface area contributed by atoms with E-state index in [1.807, 2.05) is 0 Å². The van der Waals surface area contributed by atoms with Gasteiger partial charge in [-0.15, -0.1) is 0 Å². The van der Waals surface area contributed by atoms with Gasteiger partial charge in [-0.25, -0.2) is 4.79 Å². The Labute approximate surface area is 164 Å². The first-order chi connectivity index (χ1) is 13.5. The number of para-hydroxylation sites is 1. The SMILES string of the molecule is CCOC(=O)c1cnc2c(C#N)cccc2c1Nc1ccc([N+](=O)[O-])cc1Cl. The van der Waals surface area contributed by atoms with E-state index in [4.69, 9.17) is 16.3 Å². The second kappa shape index (κ2) is 7.90. The van der Waals surface area contributed by atoms with Crippen LogP contribution in [0.2, 0.25) is 5.02 Å². The third kappa shape index (κ3) is 3.56. The third-order valence-corrected chi connectivity index (χ3v) is 4.25. The first-order valence-corrected chi connectivity index (χ1v) is 8.54. The van der Waals surface area contributed by atoms with Crippen molar-refractivity contribution in [2.24, 2.45) is 0 Å². The zero-order chi connectivity index (χ0) is 20.3. The van der Waals surface area contributed by atoms with Crippen LogP contribution in [0.15, 0.2) is 42.6 Å². The van der Waals surface area contributed by atoms with E-state index in [9.17, 15) is 20.2 Å². The van der Waals surface area contributed by atoms with E-state index in [-0.39, 0.29) is 22.9 Å². The molecule has 8 nitrogen and oxygen atoms in total. The van der Waals surface area contributed by atoms with Gasteiger partial charge in [-0.1, -0.05) is 23.7 Å². The Kier molecular flexibility index (Phi) is 5.38. The monoisotopic (exact) mass is 396 g/mol. The van der Waals surface area contributed by atoms with E-state index in [0.717, 1.165) is 0 Å². The topological polar surface area (TPSA) is 118 Å². The molecule has 2 aromatic carbocycles. The van der Waals surface area contributed by atoms with Crippen LogP contribution in [0.1, 0.15) is 22.8 Å². The Balaban J connectivity index is 2.19. The Hall–Kier alpha value is -3.70. The highest BCUT2D eigenvalue weighted by Crippen LogP contribution is 2.34. The van der Waals surface area contributed by atoms with Crippen molar-refractivity contribution in [1.82, 2.24) is 4.98 Å². The zero-order valence-electron chi connectivity index (χ0n) is 14.6. The molecule has 1 aromatic heterocycles. The van der Waals surface area contributed by atoms with E-state index >= 15 is 0 Å². The number of carbonyl (C=O) groups is 1. The Morgan fingerprint density at radius 1 is 1.39 bits per heavy atom. The van der Waals surface area contributed by atoms with Crippen molar-refractivity contribution in [3.63, 3.8) is 0 Å². The molecule has 0 atom stereocenters. The summed E-state index contributed by atoms with van der Waals surface area (Å²) in [5, 5.41) is 23.9. The van der Waals surface area contributed by atoms with Gasteiger partial charge in [0, 0.05) is 23.7 Å². The summed E-state index contributed by atoms with van der Waals surface area (Å²) >= 11 is 6.18. The molecule has 28 heavy (non-hydrogen) atoms. The number of hydrogen-bond donors (Lipinski definition) is 1. The van der Waals surface area contributed by atoms with Crippen molar-refractivity contribution in [2.75, 3.05) is 11.9 Å². The molecule has 0 fully saturated rings. The maximum atomic E-state index is 12.4. The van der Waals surface area contributed by atoms with Gasteiger partial charge >= 0.3 is 5.97 Å². The summed E-state index contributed by atoms with van der Waals surface area (Å²) in [5.41, 5.74) is 1.43. The van der Waals surface area contributed by atoms with Gasteiger partial charge in [-0.05, 0) is 19.1 Å². The van der Waals surface area contributed by atoms with Crippen LogP contribution >= 0.6 is 11.6 Å². The number of hydrogen-bond acceptors (Lipinski definition) is 7. The number of nitriles is 1. The number of aromatic nitrogens is 1. The number of fused-ring (bicyclic) bond motifs is 1. The molecule has 0 saturated heterocycles. The number of nitro benzene ring substituents is 1. The van der Waals surface area contributed by atoms with Crippen molar-refractivity contribution >= 4 is 45.5 Å².